The van der Waals surface area contributed by atoms with Crippen molar-refractivity contribution in [2.24, 2.45) is 11.7 Å². The highest BCUT2D eigenvalue weighted by atomic mass is 16.2. The smallest absolute Gasteiger partial charge is 0.253 e. The summed E-state index contributed by atoms with van der Waals surface area (Å²) >= 11 is 0. The molecule has 5 nitrogen and oxygen atoms in total. The van der Waals surface area contributed by atoms with E-state index in [1.807, 2.05) is 23.1 Å². The van der Waals surface area contributed by atoms with Crippen molar-refractivity contribution < 1.29 is 9.59 Å². The van der Waals surface area contributed by atoms with Gasteiger partial charge in [-0.1, -0.05) is 30.3 Å². The van der Waals surface area contributed by atoms with Crippen LogP contribution in [0.5, 0.6) is 0 Å². The van der Waals surface area contributed by atoms with Crippen molar-refractivity contribution >= 4 is 11.8 Å². The van der Waals surface area contributed by atoms with Gasteiger partial charge in [0.1, 0.15) is 0 Å². The Kier molecular flexibility index (Phi) is 5.38. The van der Waals surface area contributed by atoms with Crippen LogP contribution in [-0.2, 0) is 0 Å². The van der Waals surface area contributed by atoms with E-state index in [9.17, 15) is 9.59 Å². The molecule has 0 spiro atoms. The van der Waals surface area contributed by atoms with Gasteiger partial charge in [0.2, 0.25) is 0 Å². The first-order chi connectivity index (χ1) is 12.5. The molecule has 0 unspecified atom stereocenters. The maximum Gasteiger partial charge on any atom is 0.253 e. The van der Waals surface area contributed by atoms with E-state index in [2.05, 4.69) is 12.1 Å². The molecule has 0 aromatic heterocycles. The first kappa shape index (κ1) is 18.1. The molecule has 2 atom stereocenters. The van der Waals surface area contributed by atoms with E-state index in [-0.39, 0.29) is 23.7 Å². The van der Waals surface area contributed by atoms with E-state index >= 15 is 0 Å². The summed E-state index contributed by atoms with van der Waals surface area (Å²) in [6.45, 7) is 1.88. The first-order valence-electron chi connectivity index (χ1n) is 8.87. The maximum atomic E-state index is 12.9. The number of likely N-dealkylation sites (tertiary alicyclic amines) is 1. The van der Waals surface area contributed by atoms with E-state index < -0.39 is 0 Å². The number of amides is 2. The molecule has 2 N–H and O–H groups in total. The summed E-state index contributed by atoms with van der Waals surface area (Å²) in [6, 6.07) is 17.1. The quantitative estimate of drug-likeness (QED) is 0.918. The predicted molar refractivity (Wildman–Crippen MR) is 102 cm³/mol. The van der Waals surface area contributed by atoms with Crippen LogP contribution in [-0.4, -0.2) is 55.3 Å². The molecule has 3 rings (SSSR count). The number of hydrogen-bond donors (Lipinski definition) is 1. The van der Waals surface area contributed by atoms with Crippen LogP contribution in [0.15, 0.2) is 54.6 Å². The molecule has 26 heavy (non-hydrogen) atoms. The largest absolute Gasteiger partial charge is 0.345 e. The van der Waals surface area contributed by atoms with Gasteiger partial charge in [0.15, 0.2) is 0 Å². The second-order valence-corrected chi connectivity index (χ2v) is 7.00. The third kappa shape index (κ3) is 3.63. The molecule has 2 aromatic rings. The summed E-state index contributed by atoms with van der Waals surface area (Å²) < 4.78 is 0. The van der Waals surface area contributed by atoms with Gasteiger partial charge in [0.25, 0.3) is 11.8 Å². The Morgan fingerprint density at radius 2 is 1.62 bits per heavy atom. The molecular weight excluding hydrogens is 326 g/mol. The van der Waals surface area contributed by atoms with Gasteiger partial charge in [-0.3, -0.25) is 9.59 Å². The Balaban J connectivity index is 1.75. The van der Waals surface area contributed by atoms with Gasteiger partial charge in [0, 0.05) is 44.2 Å². The average molecular weight is 351 g/mol. The second-order valence-electron chi connectivity index (χ2n) is 7.00. The lowest BCUT2D eigenvalue weighted by Crippen LogP contribution is -2.30. The minimum Gasteiger partial charge on any atom is -0.345 e. The van der Waals surface area contributed by atoms with Gasteiger partial charge in [-0.25, -0.2) is 0 Å². The van der Waals surface area contributed by atoms with Crippen molar-refractivity contribution in [3.8, 4) is 0 Å². The van der Waals surface area contributed by atoms with Gasteiger partial charge in [-0.15, -0.1) is 0 Å². The van der Waals surface area contributed by atoms with Crippen LogP contribution >= 0.6 is 0 Å². The lowest BCUT2D eigenvalue weighted by Gasteiger charge is -2.17. The number of hydrogen-bond acceptors (Lipinski definition) is 3. The molecule has 0 radical (unpaired) electrons. The summed E-state index contributed by atoms with van der Waals surface area (Å²) in [6.07, 6.45) is 0. The summed E-state index contributed by atoms with van der Waals surface area (Å²) in [7, 11) is 3.42. The Bertz CT molecular complexity index is 772. The fraction of sp³-hybridized carbons (Fsp3) is 0.333. The van der Waals surface area contributed by atoms with Gasteiger partial charge < -0.3 is 15.5 Å². The highest BCUT2D eigenvalue weighted by Crippen LogP contribution is 2.32. The van der Waals surface area contributed by atoms with E-state index in [1.54, 1.807) is 38.4 Å². The van der Waals surface area contributed by atoms with Gasteiger partial charge >= 0.3 is 0 Å². The lowest BCUT2D eigenvalue weighted by molar-refractivity contribution is 0.0783. The molecule has 1 aliphatic rings. The predicted octanol–water partition coefficient (Wildman–Crippen LogP) is 2.20. The number of rotatable bonds is 4. The maximum absolute atomic E-state index is 12.9. The Labute approximate surface area is 154 Å². The molecule has 1 saturated heterocycles. The van der Waals surface area contributed by atoms with E-state index in [0.717, 1.165) is 0 Å². The topological polar surface area (TPSA) is 66.6 Å². The van der Waals surface area contributed by atoms with Crippen molar-refractivity contribution in [1.82, 2.24) is 9.80 Å². The van der Waals surface area contributed by atoms with Crippen molar-refractivity contribution in [1.29, 1.82) is 0 Å². The highest BCUT2D eigenvalue weighted by Gasteiger charge is 2.35. The normalized spacial score (nSPS) is 19.4. The monoisotopic (exact) mass is 351 g/mol. The van der Waals surface area contributed by atoms with Crippen molar-refractivity contribution in [3.63, 3.8) is 0 Å². The van der Waals surface area contributed by atoms with Crippen LogP contribution in [0.4, 0.5) is 0 Å². The fourth-order valence-electron chi connectivity index (χ4n) is 3.55. The molecule has 1 aliphatic heterocycles. The molecule has 5 heteroatoms. The Morgan fingerprint density at radius 1 is 1.00 bits per heavy atom. The molecule has 136 valence electrons. The van der Waals surface area contributed by atoms with Crippen molar-refractivity contribution in [3.05, 3.63) is 71.3 Å². The lowest BCUT2D eigenvalue weighted by atomic mass is 9.89. The average Bonchev–Trinajstić information content (AvgIpc) is 3.12. The summed E-state index contributed by atoms with van der Waals surface area (Å²) in [5, 5.41) is 0. The molecule has 2 aromatic carbocycles. The molecule has 2 amide bonds. The molecule has 0 aliphatic carbocycles. The number of nitrogens with zero attached hydrogens (tertiary/aromatic N) is 2. The van der Waals surface area contributed by atoms with Crippen LogP contribution in [0.2, 0.25) is 0 Å². The van der Waals surface area contributed by atoms with Gasteiger partial charge in [-0.2, -0.15) is 0 Å². The van der Waals surface area contributed by atoms with Crippen molar-refractivity contribution in [2.75, 3.05) is 33.7 Å². The van der Waals surface area contributed by atoms with E-state index in [4.69, 9.17) is 5.73 Å². The molecule has 0 bridgehead atoms. The standard InChI is InChI=1S/C21H25N3O2/c1-23(2)20(25)16-8-10-17(11-9-16)21(26)24-13-18(12-22)19(14-24)15-6-4-3-5-7-15/h3-11,18-19H,12-14,22H2,1-2H3/t18-,19+/m1/s1. The van der Waals surface area contributed by atoms with Gasteiger partial charge in [0.05, 0.1) is 0 Å². The Hall–Kier alpha value is -2.66. The molecule has 1 fully saturated rings. The number of benzene rings is 2. The third-order valence-electron chi connectivity index (χ3n) is 5.04. The zero-order chi connectivity index (χ0) is 18.7. The minimum absolute atomic E-state index is 0.00858. The van der Waals surface area contributed by atoms with Crippen LogP contribution in [0.1, 0.15) is 32.2 Å². The van der Waals surface area contributed by atoms with Crippen LogP contribution in [0.25, 0.3) is 0 Å². The van der Waals surface area contributed by atoms with E-state index in [0.29, 0.717) is 30.8 Å². The van der Waals surface area contributed by atoms with Crippen LogP contribution < -0.4 is 5.73 Å². The highest BCUT2D eigenvalue weighted by molar-refractivity contribution is 5.97. The minimum atomic E-state index is -0.0718. The SMILES string of the molecule is CN(C)C(=O)c1ccc(C(=O)N2C[C@@H](CN)[C@H](c3ccccc3)C2)cc1. The Morgan fingerprint density at radius 3 is 2.19 bits per heavy atom. The zero-order valence-corrected chi connectivity index (χ0v) is 15.3. The number of nitrogens with two attached hydrogens (primary N) is 1. The zero-order valence-electron chi connectivity index (χ0n) is 15.3. The fourth-order valence-corrected chi connectivity index (χ4v) is 3.55. The second kappa shape index (κ2) is 7.70. The summed E-state index contributed by atoms with van der Waals surface area (Å²) in [5.74, 6) is 0.443. The van der Waals surface area contributed by atoms with Crippen LogP contribution in [0.3, 0.4) is 0 Å². The molecular formula is C21H25N3O2. The van der Waals surface area contributed by atoms with E-state index in [1.165, 1.54) is 10.5 Å². The summed E-state index contributed by atoms with van der Waals surface area (Å²) in [5.41, 5.74) is 8.37. The molecule has 1 heterocycles. The van der Waals surface area contributed by atoms with Gasteiger partial charge in [-0.05, 0) is 42.3 Å². The van der Waals surface area contributed by atoms with Crippen LogP contribution in [0, 0.1) is 5.92 Å². The first-order valence-corrected chi connectivity index (χ1v) is 8.87. The summed E-state index contributed by atoms with van der Waals surface area (Å²) in [4.78, 5) is 28.3. The van der Waals surface area contributed by atoms with Crippen molar-refractivity contribution in [2.45, 2.75) is 5.92 Å². The number of carbonyl (C=O) groups is 2. The number of carbonyl (C=O) groups excluding carboxylic acids is 2. The third-order valence-corrected chi connectivity index (χ3v) is 5.04. The molecule has 0 saturated carbocycles.